The lowest BCUT2D eigenvalue weighted by Gasteiger charge is -2.19. The predicted octanol–water partition coefficient (Wildman–Crippen LogP) is 7.20. The molecule has 0 atom stereocenters. The molecule has 0 aliphatic rings. The number of methoxy groups -OCH3 is 2. The fraction of sp³-hybridized carbons (Fsp3) is 0.345. The van der Waals surface area contributed by atoms with Gasteiger partial charge in [0.05, 0.1) is 25.7 Å². The highest BCUT2D eigenvalue weighted by atomic mass is 16.5. The molecule has 2 aromatic carbocycles. The topological polar surface area (TPSA) is 55.4 Å². The van der Waals surface area contributed by atoms with Crippen molar-refractivity contribution >= 4 is 5.69 Å². The van der Waals surface area contributed by atoms with Crippen molar-refractivity contribution in [3.63, 3.8) is 0 Å². The number of pyridine rings is 1. The molecule has 3 aromatic rings. The number of rotatable bonds is 11. The normalized spacial score (nSPS) is 10.7. The Hall–Kier alpha value is -3.47. The van der Waals surface area contributed by atoms with Crippen molar-refractivity contribution in [3.05, 3.63) is 83.9 Å². The highest BCUT2D eigenvalue weighted by Gasteiger charge is 2.12. The van der Waals surface area contributed by atoms with E-state index in [-0.39, 0.29) is 0 Å². The molecule has 1 heterocycles. The number of hydrogen-bond donors (Lipinski definition) is 2. The Morgan fingerprint density at radius 3 is 2.26 bits per heavy atom. The summed E-state index contributed by atoms with van der Waals surface area (Å²) in [6.45, 7) is 9.01. The molecule has 0 bridgehead atoms. The predicted molar refractivity (Wildman–Crippen MR) is 143 cm³/mol. The third-order valence-corrected chi connectivity index (χ3v) is 5.23. The van der Waals surface area contributed by atoms with Crippen LogP contribution in [0.5, 0.6) is 11.5 Å². The fourth-order valence-corrected chi connectivity index (χ4v) is 3.59. The first-order chi connectivity index (χ1) is 16.7. The summed E-state index contributed by atoms with van der Waals surface area (Å²) in [5.41, 5.74) is 5.58. The molecule has 5 nitrogen and oxygen atoms in total. The van der Waals surface area contributed by atoms with Gasteiger partial charge in [0.15, 0.2) is 0 Å². The van der Waals surface area contributed by atoms with E-state index in [1.165, 1.54) is 11.1 Å². The fourth-order valence-electron chi connectivity index (χ4n) is 3.59. The summed E-state index contributed by atoms with van der Waals surface area (Å²) in [6, 6.07) is 16.7. The maximum absolute atomic E-state index is 5.62. The van der Waals surface area contributed by atoms with Crippen LogP contribution in [0.25, 0.3) is 11.1 Å². The van der Waals surface area contributed by atoms with Crippen molar-refractivity contribution < 1.29 is 9.47 Å². The second-order valence-corrected chi connectivity index (χ2v) is 7.56. The first-order valence-electron chi connectivity index (χ1n) is 12.1. The van der Waals surface area contributed by atoms with Gasteiger partial charge in [0, 0.05) is 25.0 Å². The minimum absolute atomic E-state index is 0.715. The van der Waals surface area contributed by atoms with Gasteiger partial charge in [-0.3, -0.25) is 4.98 Å². The number of ether oxygens (including phenoxy) is 2. The molecule has 5 heteroatoms. The largest absolute Gasteiger partial charge is 0.496 e. The van der Waals surface area contributed by atoms with E-state index in [1.807, 2.05) is 32.2 Å². The van der Waals surface area contributed by atoms with E-state index < -0.39 is 0 Å². The molecule has 0 aliphatic heterocycles. The van der Waals surface area contributed by atoms with Gasteiger partial charge >= 0.3 is 0 Å². The van der Waals surface area contributed by atoms with Crippen LogP contribution in [-0.2, 0) is 13.0 Å². The number of aromatic nitrogens is 1. The summed E-state index contributed by atoms with van der Waals surface area (Å²) in [5, 5.41) is 7.05. The van der Waals surface area contributed by atoms with E-state index in [1.54, 1.807) is 20.4 Å². The second-order valence-electron chi connectivity index (χ2n) is 7.56. The van der Waals surface area contributed by atoms with Crippen molar-refractivity contribution in [2.75, 3.05) is 19.5 Å². The van der Waals surface area contributed by atoms with E-state index in [0.717, 1.165) is 53.4 Å². The molecule has 0 saturated carbocycles. The molecule has 0 radical (unpaired) electrons. The van der Waals surface area contributed by atoms with E-state index in [2.05, 4.69) is 71.9 Å². The van der Waals surface area contributed by atoms with Crippen molar-refractivity contribution in [1.82, 2.24) is 10.3 Å². The van der Waals surface area contributed by atoms with Crippen LogP contribution in [-0.4, -0.2) is 19.2 Å². The maximum atomic E-state index is 5.62. The van der Waals surface area contributed by atoms with Crippen LogP contribution in [0.15, 0.2) is 72.8 Å². The molecule has 0 aliphatic carbocycles. The summed E-state index contributed by atoms with van der Waals surface area (Å²) in [6.07, 6.45) is 8.73. The maximum Gasteiger partial charge on any atom is 0.146 e. The van der Waals surface area contributed by atoms with Crippen molar-refractivity contribution in [2.45, 2.75) is 53.5 Å². The molecule has 0 amide bonds. The summed E-state index contributed by atoms with van der Waals surface area (Å²) in [4.78, 5) is 4.20. The smallest absolute Gasteiger partial charge is 0.146 e. The Kier molecular flexibility index (Phi) is 11.5. The van der Waals surface area contributed by atoms with Crippen molar-refractivity contribution in [1.29, 1.82) is 0 Å². The Bertz CT molecular complexity index is 1020. The number of nitrogens with one attached hydrogen (secondary N) is 2. The second kappa shape index (κ2) is 14.6. The first kappa shape index (κ1) is 26.8. The van der Waals surface area contributed by atoms with Gasteiger partial charge in [-0.1, -0.05) is 64.4 Å². The number of allylic oxidation sites excluding steroid dienone is 1. The molecule has 0 spiro atoms. The first-order valence-corrected chi connectivity index (χ1v) is 12.1. The lowest BCUT2D eigenvalue weighted by molar-refractivity contribution is 0.392. The lowest BCUT2D eigenvalue weighted by Crippen LogP contribution is -2.19. The minimum Gasteiger partial charge on any atom is -0.496 e. The van der Waals surface area contributed by atoms with Gasteiger partial charge in [-0.05, 0) is 53.3 Å². The van der Waals surface area contributed by atoms with E-state index in [4.69, 9.17) is 9.47 Å². The Morgan fingerprint density at radius 2 is 1.68 bits per heavy atom. The molecule has 182 valence electrons. The zero-order chi connectivity index (χ0) is 24.8. The molecule has 0 unspecified atom stereocenters. The number of anilines is 1. The molecule has 1 aromatic heterocycles. The lowest BCUT2D eigenvalue weighted by atomic mass is 10.1. The molecular formula is C29H39N3O2. The SMILES string of the molecule is CC.CC/C=C(\NCc1ccc(-c2cccnc2)cc1)Nc1cc(CCC)c(OC)cc1OC. The molecule has 0 fully saturated rings. The van der Waals surface area contributed by atoms with E-state index in [0.29, 0.717) is 6.54 Å². The monoisotopic (exact) mass is 461 g/mol. The minimum atomic E-state index is 0.715. The molecule has 3 rings (SSSR count). The zero-order valence-electron chi connectivity index (χ0n) is 21.4. The van der Waals surface area contributed by atoms with Crippen LogP contribution in [0.3, 0.4) is 0 Å². The van der Waals surface area contributed by atoms with Crippen molar-refractivity contribution in [3.8, 4) is 22.6 Å². The molecule has 2 N–H and O–H groups in total. The van der Waals surface area contributed by atoms with Gasteiger partial charge in [-0.2, -0.15) is 0 Å². The zero-order valence-corrected chi connectivity index (χ0v) is 21.4. The molecular weight excluding hydrogens is 422 g/mol. The Balaban J connectivity index is 0.00000199. The summed E-state index contributed by atoms with van der Waals surface area (Å²) in [7, 11) is 3.38. The Morgan fingerprint density at radius 1 is 0.941 bits per heavy atom. The third-order valence-electron chi connectivity index (χ3n) is 5.23. The van der Waals surface area contributed by atoms with Crippen LogP contribution < -0.4 is 20.1 Å². The number of nitrogens with zero attached hydrogens (tertiary/aromatic N) is 1. The van der Waals surface area contributed by atoms with E-state index >= 15 is 0 Å². The average molecular weight is 462 g/mol. The van der Waals surface area contributed by atoms with Gasteiger partial charge in [-0.15, -0.1) is 0 Å². The summed E-state index contributed by atoms with van der Waals surface area (Å²) >= 11 is 0. The summed E-state index contributed by atoms with van der Waals surface area (Å²) < 4.78 is 11.2. The van der Waals surface area contributed by atoms with Gasteiger partial charge in [0.2, 0.25) is 0 Å². The van der Waals surface area contributed by atoms with Gasteiger partial charge in [0.1, 0.15) is 11.5 Å². The van der Waals surface area contributed by atoms with E-state index in [9.17, 15) is 0 Å². The summed E-state index contributed by atoms with van der Waals surface area (Å²) in [5.74, 6) is 2.57. The number of benzene rings is 2. The van der Waals surface area contributed by atoms with Crippen LogP contribution in [0.1, 0.15) is 51.7 Å². The average Bonchev–Trinajstić information content (AvgIpc) is 2.90. The van der Waals surface area contributed by atoms with Crippen LogP contribution in [0.2, 0.25) is 0 Å². The number of hydrogen-bond acceptors (Lipinski definition) is 5. The standard InChI is InChI=1S/C27H33N3O2.C2H6/c1-5-8-22-16-24(26(32-4)17-25(22)31-3)30-27(9-6-2)29-18-20-11-13-21(14-12-20)23-10-7-15-28-19-23;1-2/h7,9-17,19,29-30H,5-6,8,18H2,1-4H3;1-2H3/b27-9+;. The van der Waals surface area contributed by atoms with Crippen LogP contribution >= 0.6 is 0 Å². The highest BCUT2D eigenvalue weighted by Crippen LogP contribution is 2.34. The van der Waals surface area contributed by atoms with Gasteiger partial charge < -0.3 is 20.1 Å². The quantitative estimate of drug-likeness (QED) is 0.316. The van der Waals surface area contributed by atoms with Crippen molar-refractivity contribution in [2.24, 2.45) is 0 Å². The highest BCUT2D eigenvalue weighted by molar-refractivity contribution is 5.65. The van der Waals surface area contributed by atoms with Gasteiger partial charge in [-0.25, -0.2) is 0 Å². The number of aryl methyl sites for hydroxylation is 1. The van der Waals surface area contributed by atoms with Gasteiger partial charge in [0.25, 0.3) is 0 Å². The van der Waals surface area contributed by atoms with Crippen LogP contribution in [0, 0.1) is 0 Å². The molecule has 34 heavy (non-hydrogen) atoms. The third kappa shape index (κ3) is 7.55. The van der Waals surface area contributed by atoms with Crippen LogP contribution in [0.4, 0.5) is 5.69 Å². The molecule has 0 saturated heterocycles. The Labute approximate surface area is 205 Å².